The van der Waals surface area contributed by atoms with E-state index >= 15 is 0 Å². The summed E-state index contributed by atoms with van der Waals surface area (Å²) in [5.41, 5.74) is 0.742. The van der Waals surface area contributed by atoms with Crippen molar-refractivity contribution in [3.63, 3.8) is 0 Å². The molecule has 1 aliphatic rings. The van der Waals surface area contributed by atoms with Crippen LogP contribution < -0.4 is 10.2 Å². The van der Waals surface area contributed by atoms with Crippen molar-refractivity contribution < 1.29 is 9.59 Å². The van der Waals surface area contributed by atoms with Gasteiger partial charge in [-0.25, -0.2) is 0 Å². The molecule has 0 radical (unpaired) electrons. The number of amides is 2. The molecule has 1 heterocycles. The number of piperazine rings is 1. The zero-order valence-electron chi connectivity index (χ0n) is 9.74. The Morgan fingerprint density at radius 2 is 2.22 bits per heavy atom. The van der Waals surface area contributed by atoms with Gasteiger partial charge in [-0.15, -0.1) is 0 Å². The fourth-order valence-electron chi connectivity index (χ4n) is 2.00. The minimum absolute atomic E-state index is 0.0496. The topological polar surface area (TPSA) is 49.4 Å². The summed E-state index contributed by atoms with van der Waals surface area (Å²) in [6, 6.07) is 4.85. The van der Waals surface area contributed by atoms with Crippen molar-refractivity contribution in [1.82, 2.24) is 5.32 Å². The highest BCUT2D eigenvalue weighted by atomic mass is 127. The Kier molecular flexibility index (Phi) is 4.11. The van der Waals surface area contributed by atoms with Crippen LogP contribution in [0.5, 0.6) is 0 Å². The fourth-order valence-corrected chi connectivity index (χ4v) is 3.13. The summed E-state index contributed by atoms with van der Waals surface area (Å²) >= 11 is 8.03. The number of benzene rings is 1. The maximum absolute atomic E-state index is 12.0. The van der Waals surface area contributed by atoms with E-state index in [0.717, 1.165) is 9.26 Å². The third kappa shape index (κ3) is 2.47. The smallest absolute Gasteiger partial charge is 0.247 e. The molecular formula is C12H12ClIN2O2. The number of halogens is 2. The summed E-state index contributed by atoms with van der Waals surface area (Å²) < 4.78 is 0.863. The van der Waals surface area contributed by atoms with Gasteiger partial charge in [0.25, 0.3) is 0 Å². The van der Waals surface area contributed by atoms with Crippen LogP contribution in [0.4, 0.5) is 5.69 Å². The van der Waals surface area contributed by atoms with Crippen LogP contribution in [0.25, 0.3) is 0 Å². The molecule has 6 heteroatoms. The van der Waals surface area contributed by atoms with E-state index in [1.165, 1.54) is 0 Å². The lowest BCUT2D eigenvalue weighted by Crippen LogP contribution is -2.58. The van der Waals surface area contributed by atoms with Crippen molar-refractivity contribution in [3.05, 3.63) is 26.8 Å². The van der Waals surface area contributed by atoms with Crippen LogP contribution in [0.15, 0.2) is 18.2 Å². The van der Waals surface area contributed by atoms with Crippen molar-refractivity contribution in [2.24, 2.45) is 0 Å². The van der Waals surface area contributed by atoms with E-state index in [4.69, 9.17) is 11.6 Å². The first-order valence-corrected chi connectivity index (χ1v) is 7.05. The van der Waals surface area contributed by atoms with Gasteiger partial charge in [0.15, 0.2) is 0 Å². The van der Waals surface area contributed by atoms with Crippen LogP contribution in [0.1, 0.15) is 13.3 Å². The maximum Gasteiger partial charge on any atom is 0.247 e. The molecule has 0 aromatic heterocycles. The molecule has 1 atom stereocenters. The second kappa shape index (κ2) is 5.44. The van der Waals surface area contributed by atoms with Gasteiger partial charge in [0.05, 0.1) is 12.2 Å². The summed E-state index contributed by atoms with van der Waals surface area (Å²) in [4.78, 5) is 25.4. The second-order valence-electron chi connectivity index (χ2n) is 4.00. The lowest BCUT2D eigenvalue weighted by molar-refractivity contribution is -0.131. The van der Waals surface area contributed by atoms with Gasteiger partial charge in [0.1, 0.15) is 6.04 Å². The van der Waals surface area contributed by atoms with Crippen molar-refractivity contribution >= 4 is 51.7 Å². The van der Waals surface area contributed by atoms with Crippen molar-refractivity contribution in [1.29, 1.82) is 0 Å². The van der Waals surface area contributed by atoms with Gasteiger partial charge < -0.3 is 5.32 Å². The van der Waals surface area contributed by atoms with E-state index in [2.05, 4.69) is 27.9 Å². The zero-order chi connectivity index (χ0) is 13.3. The van der Waals surface area contributed by atoms with Crippen LogP contribution in [-0.4, -0.2) is 24.4 Å². The summed E-state index contributed by atoms with van der Waals surface area (Å²) in [7, 11) is 0. The van der Waals surface area contributed by atoms with Crippen LogP contribution in [0.2, 0.25) is 5.02 Å². The molecule has 1 N–H and O–H groups in total. The van der Waals surface area contributed by atoms with Gasteiger partial charge in [-0.3, -0.25) is 14.5 Å². The number of nitrogens with one attached hydrogen (secondary N) is 1. The summed E-state index contributed by atoms with van der Waals surface area (Å²) in [6.07, 6.45) is 0.580. The molecule has 2 amide bonds. The summed E-state index contributed by atoms with van der Waals surface area (Å²) in [6.45, 7) is 1.94. The molecule has 0 spiro atoms. The quantitative estimate of drug-likeness (QED) is 0.802. The molecule has 1 aliphatic heterocycles. The second-order valence-corrected chi connectivity index (χ2v) is 5.60. The van der Waals surface area contributed by atoms with Crippen LogP contribution >= 0.6 is 34.2 Å². The van der Waals surface area contributed by atoms with Crippen molar-refractivity contribution in [3.8, 4) is 0 Å². The van der Waals surface area contributed by atoms with Gasteiger partial charge in [-0.2, -0.15) is 0 Å². The van der Waals surface area contributed by atoms with Gasteiger partial charge in [-0.1, -0.05) is 18.5 Å². The molecule has 1 aromatic rings. The number of hydrogen-bond acceptors (Lipinski definition) is 2. The lowest BCUT2D eigenvalue weighted by atomic mass is 10.1. The minimum atomic E-state index is -0.444. The Morgan fingerprint density at radius 3 is 2.83 bits per heavy atom. The molecule has 0 aliphatic carbocycles. The molecule has 96 valence electrons. The normalized spacial score (nSPS) is 19.9. The molecule has 18 heavy (non-hydrogen) atoms. The number of carbonyl (C=O) groups excluding carboxylic acids is 2. The largest absolute Gasteiger partial charge is 0.345 e. The highest BCUT2D eigenvalue weighted by Crippen LogP contribution is 2.29. The van der Waals surface area contributed by atoms with Gasteiger partial charge >= 0.3 is 0 Å². The van der Waals surface area contributed by atoms with Crippen LogP contribution in [-0.2, 0) is 9.59 Å². The van der Waals surface area contributed by atoms with Crippen molar-refractivity contribution in [2.75, 3.05) is 11.4 Å². The standard InChI is InChI=1S/C12H12ClIN2O2/c1-2-9-12(18)15-6-11(17)16(9)10-4-3-7(13)5-8(10)14/h3-5,9H,2,6H2,1H3,(H,15,18). The Morgan fingerprint density at radius 1 is 1.50 bits per heavy atom. The molecule has 0 bridgehead atoms. The third-order valence-electron chi connectivity index (χ3n) is 2.85. The highest BCUT2D eigenvalue weighted by Gasteiger charge is 2.34. The number of hydrogen-bond donors (Lipinski definition) is 1. The summed E-state index contributed by atoms with van der Waals surface area (Å²) in [5, 5.41) is 3.22. The van der Waals surface area contributed by atoms with E-state index in [0.29, 0.717) is 11.4 Å². The minimum Gasteiger partial charge on any atom is -0.345 e. The Balaban J connectivity index is 2.44. The summed E-state index contributed by atoms with van der Waals surface area (Å²) in [5.74, 6) is -0.204. The predicted octanol–water partition coefficient (Wildman–Crippen LogP) is 2.19. The number of rotatable bonds is 2. The first kappa shape index (κ1) is 13.6. The Hall–Kier alpha value is -0.820. The average molecular weight is 379 g/mol. The molecule has 2 rings (SSSR count). The number of anilines is 1. The van der Waals surface area contributed by atoms with Gasteiger partial charge in [0, 0.05) is 8.59 Å². The van der Waals surface area contributed by atoms with Gasteiger partial charge in [0.2, 0.25) is 11.8 Å². The van der Waals surface area contributed by atoms with Crippen LogP contribution in [0.3, 0.4) is 0 Å². The molecule has 4 nitrogen and oxygen atoms in total. The fraction of sp³-hybridized carbons (Fsp3) is 0.333. The van der Waals surface area contributed by atoms with E-state index in [1.54, 1.807) is 23.1 Å². The SMILES string of the molecule is CCC1C(=O)NCC(=O)N1c1ccc(Cl)cc1I. The van der Waals surface area contributed by atoms with E-state index in [-0.39, 0.29) is 18.4 Å². The first-order valence-electron chi connectivity index (χ1n) is 5.59. The molecule has 0 saturated carbocycles. The molecular weight excluding hydrogens is 367 g/mol. The van der Waals surface area contributed by atoms with Crippen LogP contribution in [0, 0.1) is 3.57 Å². The van der Waals surface area contributed by atoms with E-state index < -0.39 is 6.04 Å². The monoisotopic (exact) mass is 378 g/mol. The Labute approximate surface area is 124 Å². The van der Waals surface area contributed by atoms with E-state index in [9.17, 15) is 9.59 Å². The lowest BCUT2D eigenvalue weighted by Gasteiger charge is -2.35. The number of nitrogens with zero attached hydrogens (tertiary/aromatic N) is 1. The zero-order valence-corrected chi connectivity index (χ0v) is 12.7. The molecule has 1 aromatic carbocycles. The molecule has 1 unspecified atom stereocenters. The average Bonchev–Trinajstić information content (AvgIpc) is 2.33. The number of carbonyl (C=O) groups is 2. The molecule has 1 fully saturated rings. The maximum atomic E-state index is 12.0. The highest BCUT2D eigenvalue weighted by molar-refractivity contribution is 14.1. The predicted molar refractivity (Wildman–Crippen MR) is 78.7 cm³/mol. The van der Waals surface area contributed by atoms with Crippen molar-refractivity contribution in [2.45, 2.75) is 19.4 Å². The first-order chi connectivity index (χ1) is 8.54. The third-order valence-corrected chi connectivity index (χ3v) is 3.95. The Bertz CT molecular complexity index is 507. The van der Waals surface area contributed by atoms with Gasteiger partial charge in [-0.05, 0) is 47.2 Å². The van der Waals surface area contributed by atoms with E-state index in [1.807, 2.05) is 6.92 Å². The molecule has 1 saturated heterocycles.